The van der Waals surface area contributed by atoms with E-state index in [1.165, 1.54) is 12.0 Å². The number of nitrogens with two attached hydrogens (primary N) is 1. The van der Waals surface area contributed by atoms with E-state index in [0.717, 1.165) is 18.5 Å². The SMILES string of the molecule is CC1CC(C)C(C)N(C(=O)c2ccc(CCN)cc2)C1. The second-order valence-electron chi connectivity index (χ2n) is 6.25. The fourth-order valence-corrected chi connectivity index (χ4v) is 3.13. The monoisotopic (exact) mass is 274 g/mol. The topological polar surface area (TPSA) is 46.3 Å². The minimum atomic E-state index is 0.162. The Morgan fingerprint density at radius 1 is 1.25 bits per heavy atom. The van der Waals surface area contributed by atoms with E-state index in [0.29, 0.717) is 24.4 Å². The Morgan fingerprint density at radius 3 is 2.50 bits per heavy atom. The smallest absolute Gasteiger partial charge is 0.254 e. The molecule has 20 heavy (non-hydrogen) atoms. The molecule has 0 spiro atoms. The molecule has 3 atom stereocenters. The first-order valence-electron chi connectivity index (χ1n) is 7.63. The first-order valence-corrected chi connectivity index (χ1v) is 7.63. The average molecular weight is 274 g/mol. The van der Waals surface area contributed by atoms with E-state index in [1.54, 1.807) is 0 Å². The standard InChI is InChI=1S/C17H26N2O/c1-12-10-13(2)14(3)19(11-12)17(20)16-6-4-15(5-7-16)8-9-18/h4-7,12-14H,8-11,18H2,1-3H3. The van der Waals surface area contributed by atoms with Gasteiger partial charge in [-0.2, -0.15) is 0 Å². The fraction of sp³-hybridized carbons (Fsp3) is 0.588. The molecular weight excluding hydrogens is 248 g/mol. The molecule has 0 radical (unpaired) electrons. The van der Waals surface area contributed by atoms with Gasteiger partial charge in [0.15, 0.2) is 0 Å². The number of amides is 1. The zero-order valence-corrected chi connectivity index (χ0v) is 12.8. The summed E-state index contributed by atoms with van der Waals surface area (Å²) in [5.41, 5.74) is 7.53. The van der Waals surface area contributed by atoms with Crippen molar-refractivity contribution in [3.05, 3.63) is 35.4 Å². The van der Waals surface area contributed by atoms with Crippen molar-refractivity contribution in [2.45, 2.75) is 39.7 Å². The van der Waals surface area contributed by atoms with Gasteiger partial charge in [0, 0.05) is 18.2 Å². The van der Waals surface area contributed by atoms with E-state index < -0.39 is 0 Å². The van der Waals surface area contributed by atoms with Gasteiger partial charge < -0.3 is 10.6 Å². The van der Waals surface area contributed by atoms with Gasteiger partial charge >= 0.3 is 0 Å². The molecule has 3 unspecified atom stereocenters. The van der Waals surface area contributed by atoms with Gasteiger partial charge in [-0.1, -0.05) is 26.0 Å². The summed E-state index contributed by atoms with van der Waals surface area (Å²) in [5.74, 6) is 1.32. The number of piperidine rings is 1. The van der Waals surface area contributed by atoms with Gasteiger partial charge in [-0.25, -0.2) is 0 Å². The van der Waals surface area contributed by atoms with E-state index in [-0.39, 0.29) is 5.91 Å². The summed E-state index contributed by atoms with van der Waals surface area (Å²) in [6, 6.07) is 8.22. The molecule has 2 rings (SSSR count). The highest BCUT2D eigenvalue weighted by Crippen LogP contribution is 2.28. The van der Waals surface area contributed by atoms with Crippen LogP contribution in [0.25, 0.3) is 0 Å². The predicted molar refractivity (Wildman–Crippen MR) is 82.6 cm³/mol. The normalized spacial score (nSPS) is 26.6. The van der Waals surface area contributed by atoms with Crippen molar-refractivity contribution in [1.29, 1.82) is 0 Å². The molecule has 1 heterocycles. The van der Waals surface area contributed by atoms with Crippen LogP contribution in [0.15, 0.2) is 24.3 Å². The van der Waals surface area contributed by atoms with Crippen LogP contribution in [0.3, 0.4) is 0 Å². The van der Waals surface area contributed by atoms with Gasteiger partial charge in [-0.15, -0.1) is 0 Å². The molecule has 1 aliphatic rings. The molecule has 1 aromatic rings. The molecule has 1 aliphatic heterocycles. The van der Waals surface area contributed by atoms with Gasteiger partial charge in [0.1, 0.15) is 0 Å². The van der Waals surface area contributed by atoms with Crippen molar-refractivity contribution in [3.63, 3.8) is 0 Å². The lowest BCUT2D eigenvalue weighted by Gasteiger charge is -2.41. The summed E-state index contributed by atoms with van der Waals surface area (Å²) in [5, 5.41) is 0. The van der Waals surface area contributed by atoms with E-state index >= 15 is 0 Å². The first-order chi connectivity index (χ1) is 9.52. The van der Waals surface area contributed by atoms with Crippen LogP contribution in [0.5, 0.6) is 0 Å². The molecule has 3 heteroatoms. The Balaban J connectivity index is 2.13. The average Bonchev–Trinajstić information content (AvgIpc) is 2.43. The molecule has 0 aromatic heterocycles. The Labute approximate surface area is 122 Å². The lowest BCUT2D eigenvalue weighted by molar-refractivity contribution is 0.0455. The zero-order valence-electron chi connectivity index (χ0n) is 12.8. The lowest BCUT2D eigenvalue weighted by Crippen LogP contribution is -2.48. The van der Waals surface area contributed by atoms with Gasteiger partial charge in [-0.05, 0) is 55.8 Å². The molecule has 1 fully saturated rings. The number of carbonyl (C=O) groups excluding carboxylic acids is 1. The van der Waals surface area contributed by atoms with Crippen molar-refractivity contribution < 1.29 is 4.79 Å². The van der Waals surface area contributed by atoms with Gasteiger partial charge in [-0.3, -0.25) is 4.79 Å². The Morgan fingerprint density at radius 2 is 1.90 bits per heavy atom. The van der Waals surface area contributed by atoms with Crippen LogP contribution in [0, 0.1) is 11.8 Å². The van der Waals surface area contributed by atoms with Crippen LogP contribution >= 0.6 is 0 Å². The molecule has 1 aromatic carbocycles. The van der Waals surface area contributed by atoms with Crippen molar-refractivity contribution in [2.24, 2.45) is 17.6 Å². The molecule has 0 saturated carbocycles. The largest absolute Gasteiger partial charge is 0.335 e. The third-order valence-electron chi connectivity index (χ3n) is 4.49. The number of nitrogens with zero attached hydrogens (tertiary/aromatic N) is 1. The number of likely N-dealkylation sites (tertiary alicyclic amines) is 1. The number of carbonyl (C=O) groups is 1. The van der Waals surface area contributed by atoms with Crippen LogP contribution < -0.4 is 5.73 Å². The Kier molecular flexibility index (Phi) is 4.81. The first kappa shape index (κ1) is 15.0. The van der Waals surface area contributed by atoms with Crippen LogP contribution in [0.2, 0.25) is 0 Å². The predicted octanol–water partition coefficient (Wildman–Crippen LogP) is 2.69. The third kappa shape index (κ3) is 3.21. The van der Waals surface area contributed by atoms with Crippen molar-refractivity contribution in [2.75, 3.05) is 13.1 Å². The van der Waals surface area contributed by atoms with Gasteiger partial charge in [0.25, 0.3) is 5.91 Å². The number of benzene rings is 1. The number of hydrogen-bond acceptors (Lipinski definition) is 2. The Hall–Kier alpha value is -1.35. The zero-order chi connectivity index (χ0) is 14.7. The molecule has 0 aliphatic carbocycles. The van der Waals surface area contributed by atoms with Crippen molar-refractivity contribution in [3.8, 4) is 0 Å². The molecule has 1 amide bonds. The van der Waals surface area contributed by atoms with Crippen LogP contribution in [-0.4, -0.2) is 29.9 Å². The fourth-order valence-electron chi connectivity index (χ4n) is 3.13. The van der Waals surface area contributed by atoms with E-state index in [1.807, 2.05) is 29.2 Å². The quantitative estimate of drug-likeness (QED) is 0.921. The van der Waals surface area contributed by atoms with Crippen LogP contribution in [0.4, 0.5) is 0 Å². The highest BCUT2D eigenvalue weighted by molar-refractivity contribution is 5.94. The van der Waals surface area contributed by atoms with Crippen molar-refractivity contribution >= 4 is 5.91 Å². The van der Waals surface area contributed by atoms with Crippen LogP contribution in [0.1, 0.15) is 43.1 Å². The maximum Gasteiger partial charge on any atom is 0.254 e. The number of hydrogen-bond donors (Lipinski definition) is 1. The van der Waals surface area contributed by atoms with Gasteiger partial charge in [0.05, 0.1) is 0 Å². The minimum Gasteiger partial charge on any atom is -0.335 e. The molecule has 0 bridgehead atoms. The second kappa shape index (κ2) is 6.40. The van der Waals surface area contributed by atoms with Crippen molar-refractivity contribution in [1.82, 2.24) is 4.90 Å². The highest BCUT2D eigenvalue weighted by Gasteiger charge is 2.32. The summed E-state index contributed by atoms with van der Waals surface area (Å²) >= 11 is 0. The second-order valence-corrected chi connectivity index (χ2v) is 6.25. The van der Waals surface area contributed by atoms with E-state index in [9.17, 15) is 4.79 Å². The maximum atomic E-state index is 12.7. The molecule has 110 valence electrons. The molecule has 3 nitrogen and oxygen atoms in total. The molecule has 1 saturated heterocycles. The summed E-state index contributed by atoms with van der Waals surface area (Å²) in [4.78, 5) is 14.7. The van der Waals surface area contributed by atoms with E-state index in [4.69, 9.17) is 5.73 Å². The maximum absolute atomic E-state index is 12.7. The van der Waals surface area contributed by atoms with E-state index in [2.05, 4.69) is 20.8 Å². The molecular formula is C17H26N2O. The summed E-state index contributed by atoms with van der Waals surface area (Å²) < 4.78 is 0. The third-order valence-corrected chi connectivity index (χ3v) is 4.49. The molecule has 2 N–H and O–H groups in total. The van der Waals surface area contributed by atoms with Crippen LogP contribution in [-0.2, 0) is 6.42 Å². The number of rotatable bonds is 3. The lowest BCUT2D eigenvalue weighted by atomic mass is 9.85. The highest BCUT2D eigenvalue weighted by atomic mass is 16.2. The summed E-state index contributed by atoms with van der Waals surface area (Å²) in [7, 11) is 0. The summed E-state index contributed by atoms with van der Waals surface area (Å²) in [6.07, 6.45) is 2.07. The Bertz CT molecular complexity index is 455. The van der Waals surface area contributed by atoms with Gasteiger partial charge in [0.2, 0.25) is 0 Å². The summed E-state index contributed by atoms with van der Waals surface area (Å²) in [6.45, 7) is 8.15. The minimum absolute atomic E-state index is 0.162.